The molecule has 0 bridgehead atoms. The first-order valence-electron chi connectivity index (χ1n) is 6.31. The number of aryl methyl sites for hydroxylation is 1. The molecule has 20 heavy (non-hydrogen) atoms. The van der Waals surface area contributed by atoms with Crippen molar-refractivity contribution < 1.29 is 4.79 Å². The number of ketones is 1. The third-order valence-corrected chi connectivity index (χ3v) is 3.86. The number of rotatable bonds is 2. The third kappa shape index (κ3) is 2.08. The molecule has 1 heterocycles. The van der Waals surface area contributed by atoms with Crippen LogP contribution in [-0.2, 0) is 0 Å². The smallest absolute Gasteiger partial charge is 0.195 e. The van der Waals surface area contributed by atoms with Crippen molar-refractivity contribution >= 4 is 28.2 Å². The molecule has 0 N–H and O–H groups in total. The molecule has 98 valence electrons. The number of halogens is 1. The Kier molecular flexibility index (Phi) is 3.25. The lowest BCUT2D eigenvalue weighted by Crippen LogP contribution is -2.03. The highest BCUT2D eigenvalue weighted by molar-refractivity contribution is 6.36. The van der Waals surface area contributed by atoms with E-state index in [0.717, 1.165) is 16.3 Å². The second-order valence-corrected chi connectivity index (χ2v) is 5.05. The van der Waals surface area contributed by atoms with E-state index in [9.17, 15) is 4.79 Å². The highest BCUT2D eigenvalue weighted by Gasteiger charge is 2.16. The lowest BCUT2D eigenvalue weighted by atomic mass is 9.97. The molecule has 0 fully saturated rings. The van der Waals surface area contributed by atoms with Gasteiger partial charge in [-0.15, -0.1) is 0 Å². The molecular weight excluding hydrogens is 270 g/mol. The van der Waals surface area contributed by atoms with Crippen LogP contribution in [0.1, 0.15) is 21.5 Å². The zero-order chi connectivity index (χ0) is 14.1. The fraction of sp³-hybridized carbons (Fsp3) is 0.0588. The topological polar surface area (TPSA) is 30.0 Å². The van der Waals surface area contributed by atoms with E-state index in [1.807, 2.05) is 43.3 Å². The van der Waals surface area contributed by atoms with Gasteiger partial charge < -0.3 is 0 Å². The van der Waals surface area contributed by atoms with E-state index in [-0.39, 0.29) is 5.78 Å². The van der Waals surface area contributed by atoms with Crippen LogP contribution in [-0.4, -0.2) is 10.8 Å². The maximum Gasteiger partial charge on any atom is 0.195 e. The maximum atomic E-state index is 12.7. The second kappa shape index (κ2) is 5.06. The van der Waals surface area contributed by atoms with Crippen LogP contribution in [0.15, 0.2) is 54.9 Å². The van der Waals surface area contributed by atoms with Gasteiger partial charge in [-0.05, 0) is 30.0 Å². The number of carbonyl (C=O) groups excluding carboxylic acids is 1. The molecule has 2 aromatic carbocycles. The number of hydrogen-bond donors (Lipinski definition) is 0. The summed E-state index contributed by atoms with van der Waals surface area (Å²) < 4.78 is 0. The summed E-state index contributed by atoms with van der Waals surface area (Å²) in [6.45, 7) is 1.89. The van der Waals surface area contributed by atoms with Crippen LogP contribution in [0.25, 0.3) is 10.8 Å². The number of aromatic nitrogens is 1. The average molecular weight is 282 g/mol. The minimum atomic E-state index is -0.0597. The minimum absolute atomic E-state index is 0.0597. The van der Waals surface area contributed by atoms with Crippen molar-refractivity contribution in [1.82, 2.24) is 4.98 Å². The van der Waals surface area contributed by atoms with Gasteiger partial charge in [0.1, 0.15) is 0 Å². The molecule has 2 nitrogen and oxygen atoms in total. The van der Waals surface area contributed by atoms with E-state index >= 15 is 0 Å². The molecule has 1 aromatic heterocycles. The number of carbonyl (C=O) groups is 1. The largest absolute Gasteiger partial charge is 0.289 e. The van der Waals surface area contributed by atoms with Crippen LogP contribution in [0, 0.1) is 6.92 Å². The first-order chi connectivity index (χ1) is 9.68. The van der Waals surface area contributed by atoms with Gasteiger partial charge in [0.15, 0.2) is 5.78 Å². The SMILES string of the molecule is Cc1cccc(C(=O)c2cccc3cnccc23)c1Cl. The predicted molar refractivity (Wildman–Crippen MR) is 81.4 cm³/mol. The van der Waals surface area contributed by atoms with Gasteiger partial charge in [0.2, 0.25) is 0 Å². The molecule has 0 aliphatic rings. The van der Waals surface area contributed by atoms with Crippen LogP contribution in [0.5, 0.6) is 0 Å². The fourth-order valence-corrected chi connectivity index (χ4v) is 2.50. The summed E-state index contributed by atoms with van der Waals surface area (Å²) in [6, 6.07) is 13.0. The summed E-state index contributed by atoms with van der Waals surface area (Å²) in [4.78, 5) is 16.8. The summed E-state index contributed by atoms with van der Waals surface area (Å²) >= 11 is 6.26. The first kappa shape index (κ1) is 12.8. The lowest BCUT2D eigenvalue weighted by Gasteiger charge is -2.08. The summed E-state index contributed by atoms with van der Waals surface area (Å²) in [5.41, 5.74) is 2.09. The summed E-state index contributed by atoms with van der Waals surface area (Å²) in [5.74, 6) is -0.0597. The second-order valence-electron chi connectivity index (χ2n) is 4.67. The van der Waals surface area contributed by atoms with Crippen LogP contribution in [0.4, 0.5) is 0 Å². The maximum absolute atomic E-state index is 12.7. The van der Waals surface area contributed by atoms with Gasteiger partial charge in [-0.1, -0.05) is 41.9 Å². The van der Waals surface area contributed by atoms with Gasteiger partial charge >= 0.3 is 0 Å². The van der Waals surface area contributed by atoms with Gasteiger partial charge in [0.25, 0.3) is 0 Å². The van der Waals surface area contributed by atoms with E-state index in [1.54, 1.807) is 18.5 Å². The Morgan fingerprint density at radius 1 is 1.05 bits per heavy atom. The van der Waals surface area contributed by atoms with E-state index in [2.05, 4.69) is 4.98 Å². The Balaban J connectivity index is 2.21. The molecule has 0 aliphatic carbocycles. The highest BCUT2D eigenvalue weighted by atomic mass is 35.5. The van der Waals surface area contributed by atoms with Gasteiger partial charge in [-0.25, -0.2) is 0 Å². The Bertz CT molecular complexity index is 806. The summed E-state index contributed by atoms with van der Waals surface area (Å²) in [5, 5.41) is 2.36. The molecule has 0 saturated heterocycles. The van der Waals surface area contributed by atoms with Crippen LogP contribution in [0.3, 0.4) is 0 Å². The van der Waals surface area contributed by atoms with E-state index in [0.29, 0.717) is 16.1 Å². The van der Waals surface area contributed by atoms with E-state index in [1.165, 1.54) is 0 Å². The molecule has 0 aliphatic heterocycles. The molecular formula is C17H12ClNO. The van der Waals surface area contributed by atoms with Crippen LogP contribution >= 0.6 is 11.6 Å². The van der Waals surface area contributed by atoms with Crippen molar-refractivity contribution in [3.8, 4) is 0 Å². The number of hydrogen-bond acceptors (Lipinski definition) is 2. The summed E-state index contributed by atoms with van der Waals surface area (Å²) in [7, 11) is 0. The Morgan fingerprint density at radius 3 is 2.65 bits per heavy atom. The number of pyridine rings is 1. The zero-order valence-electron chi connectivity index (χ0n) is 10.9. The Hall–Kier alpha value is -2.19. The predicted octanol–water partition coefficient (Wildman–Crippen LogP) is 4.43. The van der Waals surface area contributed by atoms with Gasteiger partial charge in [0, 0.05) is 28.9 Å². The highest BCUT2D eigenvalue weighted by Crippen LogP contribution is 2.26. The molecule has 0 atom stereocenters. The standard InChI is InChI=1S/C17H12ClNO/c1-11-4-2-7-15(16(11)18)17(20)14-6-3-5-12-10-19-9-8-13(12)14/h2-10H,1H3. The quantitative estimate of drug-likeness (QED) is 0.651. The minimum Gasteiger partial charge on any atom is -0.289 e. The fourth-order valence-electron chi connectivity index (χ4n) is 2.29. The Morgan fingerprint density at radius 2 is 1.80 bits per heavy atom. The Labute approximate surface area is 122 Å². The molecule has 3 rings (SSSR count). The van der Waals surface area contributed by atoms with Gasteiger partial charge in [-0.2, -0.15) is 0 Å². The van der Waals surface area contributed by atoms with E-state index < -0.39 is 0 Å². The molecule has 0 spiro atoms. The number of benzene rings is 2. The van der Waals surface area contributed by atoms with Crippen molar-refractivity contribution in [3.63, 3.8) is 0 Å². The molecule has 0 unspecified atom stereocenters. The van der Waals surface area contributed by atoms with Crippen molar-refractivity contribution in [2.24, 2.45) is 0 Å². The zero-order valence-corrected chi connectivity index (χ0v) is 11.7. The lowest BCUT2D eigenvalue weighted by molar-refractivity contribution is 0.104. The van der Waals surface area contributed by atoms with Crippen LogP contribution in [0.2, 0.25) is 5.02 Å². The molecule has 0 saturated carbocycles. The monoisotopic (exact) mass is 281 g/mol. The summed E-state index contributed by atoms with van der Waals surface area (Å²) in [6.07, 6.45) is 3.45. The van der Waals surface area contributed by atoms with Crippen LogP contribution < -0.4 is 0 Å². The third-order valence-electron chi connectivity index (χ3n) is 3.36. The van der Waals surface area contributed by atoms with Crippen molar-refractivity contribution in [2.45, 2.75) is 6.92 Å². The van der Waals surface area contributed by atoms with Crippen molar-refractivity contribution in [1.29, 1.82) is 0 Å². The van der Waals surface area contributed by atoms with Gasteiger partial charge in [0.05, 0.1) is 5.02 Å². The number of fused-ring (bicyclic) bond motifs is 1. The van der Waals surface area contributed by atoms with Crippen molar-refractivity contribution in [3.05, 3.63) is 76.6 Å². The molecule has 3 aromatic rings. The van der Waals surface area contributed by atoms with E-state index in [4.69, 9.17) is 11.6 Å². The molecule has 0 radical (unpaired) electrons. The van der Waals surface area contributed by atoms with Gasteiger partial charge in [-0.3, -0.25) is 9.78 Å². The average Bonchev–Trinajstić information content (AvgIpc) is 2.49. The first-order valence-corrected chi connectivity index (χ1v) is 6.69. The molecule has 0 amide bonds. The molecule has 3 heteroatoms. The van der Waals surface area contributed by atoms with Crippen molar-refractivity contribution in [2.75, 3.05) is 0 Å². The number of nitrogens with zero attached hydrogens (tertiary/aromatic N) is 1. The normalized spacial score (nSPS) is 10.7.